The summed E-state index contributed by atoms with van der Waals surface area (Å²) in [5.74, 6) is 3.70. The van der Waals surface area contributed by atoms with Crippen molar-refractivity contribution in [2.24, 2.45) is 17.8 Å². The third-order valence-electron chi connectivity index (χ3n) is 6.27. The van der Waals surface area contributed by atoms with Crippen LogP contribution in [0.2, 0.25) is 0 Å². The predicted molar refractivity (Wildman–Crippen MR) is 92.2 cm³/mol. The zero-order valence-electron chi connectivity index (χ0n) is 14.7. The molecular formula is C20H27NO3. The fraction of sp³-hybridized carbons (Fsp3) is 0.650. The molecule has 1 heterocycles. The van der Waals surface area contributed by atoms with Crippen LogP contribution in [0.4, 0.5) is 0 Å². The van der Waals surface area contributed by atoms with E-state index in [1.807, 2.05) is 18.2 Å². The van der Waals surface area contributed by atoms with Gasteiger partial charge in [-0.15, -0.1) is 0 Å². The van der Waals surface area contributed by atoms with Gasteiger partial charge >= 0.3 is 0 Å². The van der Waals surface area contributed by atoms with E-state index in [9.17, 15) is 4.79 Å². The van der Waals surface area contributed by atoms with Gasteiger partial charge in [0.25, 0.3) is 0 Å². The highest BCUT2D eigenvalue weighted by atomic mass is 16.5. The van der Waals surface area contributed by atoms with Gasteiger partial charge in [0, 0.05) is 18.0 Å². The van der Waals surface area contributed by atoms with Crippen LogP contribution in [-0.2, 0) is 4.79 Å². The number of hydrogen-bond donors (Lipinski definition) is 0. The van der Waals surface area contributed by atoms with Gasteiger partial charge in [0.1, 0.15) is 11.5 Å². The Hall–Kier alpha value is -1.71. The Morgan fingerprint density at radius 2 is 1.79 bits per heavy atom. The van der Waals surface area contributed by atoms with Gasteiger partial charge in [0.2, 0.25) is 5.91 Å². The summed E-state index contributed by atoms with van der Waals surface area (Å²) >= 11 is 0. The number of likely N-dealkylation sites (tertiary alicyclic amines) is 1. The number of carbonyl (C=O) groups is 1. The third-order valence-corrected chi connectivity index (χ3v) is 6.27. The molecule has 0 aromatic heterocycles. The molecule has 1 saturated heterocycles. The quantitative estimate of drug-likeness (QED) is 0.843. The van der Waals surface area contributed by atoms with Crippen molar-refractivity contribution in [1.82, 2.24) is 4.90 Å². The van der Waals surface area contributed by atoms with Crippen LogP contribution in [-0.4, -0.2) is 31.6 Å². The molecule has 4 rings (SSSR count). The first-order valence-electron chi connectivity index (χ1n) is 9.27. The standard InChI is InChI=1S/C20H27NO3/c1-23-13-9-10-18(24-2)16(12-13)17-8-5-11-21(17)20(22)19-14-6-3-4-7-15(14)19/h9-10,12,14-15,17,19H,3-8,11H2,1-2H3/t14-,15+,17-,19?/m0/s1. The molecule has 4 heteroatoms. The topological polar surface area (TPSA) is 38.8 Å². The second-order valence-electron chi connectivity index (χ2n) is 7.44. The summed E-state index contributed by atoms with van der Waals surface area (Å²) in [7, 11) is 3.37. The smallest absolute Gasteiger partial charge is 0.226 e. The Bertz CT molecular complexity index is 617. The van der Waals surface area contributed by atoms with Crippen molar-refractivity contribution >= 4 is 5.91 Å². The maximum atomic E-state index is 13.2. The van der Waals surface area contributed by atoms with Gasteiger partial charge in [0.05, 0.1) is 20.3 Å². The lowest BCUT2D eigenvalue weighted by molar-refractivity contribution is -0.134. The maximum Gasteiger partial charge on any atom is 0.226 e. The van der Waals surface area contributed by atoms with Crippen LogP contribution in [0.3, 0.4) is 0 Å². The summed E-state index contributed by atoms with van der Waals surface area (Å²) in [5.41, 5.74) is 1.09. The molecule has 3 fully saturated rings. The van der Waals surface area contributed by atoms with Crippen molar-refractivity contribution in [2.75, 3.05) is 20.8 Å². The summed E-state index contributed by atoms with van der Waals surface area (Å²) in [6.07, 6.45) is 7.19. The van der Waals surface area contributed by atoms with Crippen LogP contribution in [0.15, 0.2) is 18.2 Å². The SMILES string of the molecule is COc1ccc(OC)c([C@@H]2CCCN2C(=O)C2[C@H]3CCCC[C@@H]23)c1. The molecule has 1 aromatic rings. The van der Waals surface area contributed by atoms with Crippen LogP contribution in [0.1, 0.15) is 50.1 Å². The van der Waals surface area contributed by atoms with Crippen LogP contribution in [0.5, 0.6) is 11.5 Å². The highest BCUT2D eigenvalue weighted by Crippen LogP contribution is 2.57. The normalized spacial score (nSPS) is 31.5. The molecular weight excluding hydrogens is 302 g/mol. The molecule has 130 valence electrons. The highest BCUT2D eigenvalue weighted by molar-refractivity contribution is 5.83. The lowest BCUT2D eigenvalue weighted by atomic mass is 10.0. The van der Waals surface area contributed by atoms with E-state index in [0.717, 1.165) is 36.4 Å². The Labute approximate surface area is 144 Å². The molecule has 0 spiro atoms. The predicted octanol–water partition coefficient (Wildman–Crippen LogP) is 3.80. The average Bonchev–Trinajstić information content (AvgIpc) is 3.15. The van der Waals surface area contributed by atoms with E-state index < -0.39 is 0 Å². The number of benzene rings is 1. The van der Waals surface area contributed by atoms with Gasteiger partial charge in [0.15, 0.2) is 0 Å². The first-order chi connectivity index (χ1) is 11.7. The van der Waals surface area contributed by atoms with Gasteiger partial charge in [-0.3, -0.25) is 4.79 Å². The fourth-order valence-corrected chi connectivity index (χ4v) is 5.00. The second-order valence-corrected chi connectivity index (χ2v) is 7.44. The van der Waals surface area contributed by atoms with Crippen molar-refractivity contribution in [2.45, 2.75) is 44.6 Å². The number of rotatable bonds is 4. The van der Waals surface area contributed by atoms with E-state index in [1.165, 1.54) is 25.7 Å². The van der Waals surface area contributed by atoms with E-state index in [2.05, 4.69) is 4.90 Å². The summed E-state index contributed by atoms with van der Waals surface area (Å²) in [5, 5.41) is 0. The number of fused-ring (bicyclic) bond motifs is 1. The first kappa shape index (κ1) is 15.8. The fourth-order valence-electron chi connectivity index (χ4n) is 5.00. The highest BCUT2D eigenvalue weighted by Gasteiger charge is 2.56. The molecule has 1 amide bonds. The number of carbonyl (C=O) groups excluding carboxylic acids is 1. The Morgan fingerprint density at radius 1 is 1.04 bits per heavy atom. The maximum absolute atomic E-state index is 13.2. The van der Waals surface area contributed by atoms with Crippen molar-refractivity contribution in [1.29, 1.82) is 0 Å². The molecule has 4 atom stereocenters. The third kappa shape index (κ3) is 2.56. The molecule has 24 heavy (non-hydrogen) atoms. The monoisotopic (exact) mass is 329 g/mol. The average molecular weight is 329 g/mol. The van der Waals surface area contributed by atoms with Crippen molar-refractivity contribution in [3.05, 3.63) is 23.8 Å². The molecule has 2 saturated carbocycles. The lowest BCUT2D eigenvalue weighted by Gasteiger charge is -2.27. The Balaban J connectivity index is 1.58. The number of hydrogen-bond acceptors (Lipinski definition) is 3. The minimum Gasteiger partial charge on any atom is -0.497 e. The summed E-state index contributed by atoms with van der Waals surface area (Å²) < 4.78 is 11.0. The van der Waals surface area contributed by atoms with E-state index in [1.54, 1.807) is 14.2 Å². The van der Waals surface area contributed by atoms with Gasteiger partial charge < -0.3 is 14.4 Å². The van der Waals surface area contributed by atoms with E-state index >= 15 is 0 Å². The van der Waals surface area contributed by atoms with Gasteiger partial charge in [-0.25, -0.2) is 0 Å². The number of ether oxygens (including phenoxy) is 2. The molecule has 1 unspecified atom stereocenters. The van der Waals surface area contributed by atoms with Crippen LogP contribution in [0.25, 0.3) is 0 Å². The largest absolute Gasteiger partial charge is 0.497 e. The number of amides is 1. The lowest BCUT2D eigenvalue weighted by Crippen LogP contribution is -2.32. The molecule has 0 N–H and O–H groups in total. The van der Waals surface area contributed by atoms with Crippen LogP contribution < -0.4 is 9.47 Å². The molecule has 0 bridgehead atoms. The summed E-state index contributed by atoms with van der Waals surface area (Å²) in [6, 6.07) is 6.03. The molecule has 1 aromatic carbocycles. The van der Waals surface area contributed by atoms with E-state index in [-0.39, 0.29) is 6.04 Å². The molecule has 1 aliphatic heterocycles. The Morgan fingerprint density at radius 3 is 2.46 bits per heavy atom. The van der Waals surface area contributed by atoms with Crippen molar-refractivity contribution < 1.29 is 14.3 Å². The Kier molecular flexibility index (Phi) is 4.15. The first-order valence-corrected chi connectivity index (χ1v) is 9.27. The van der Waals surface area contributed by atoms with Gasteiger partial charge in [-0.1, -0.05) is 12.8 Å². The summed E-state index contributed by atoms with van der Waals surface area (Å²) in [6.45, 7) is 0.875. The van der Waals surface area contributed by atoms with Crippen LogP contribution >= 0.6 is 0 Å². The molecule has 3 aliphatic rings. The molecule has 2 aliphatic carbocycles. The minimum atomic E-state index is 0.130. The van der Waals surface area contributed by atoms with E-state index in [0.29, 0.717) is 23.7 Å². The molecule has 0 radical (unpaired) electrons. The number of methoxy groups -OCH3 is 2. The number of nitrogens with zero attached hydrogens (tertiary/aromatic N) is 1. The molecule has 4 nitrogen and oxygen atoms in total. The van der Waals surface area contributed by atoms with Crippen LogP contribution in [0, 0.1) is 17.8 Å². The van der Waals surface area contributed by atoms with Crippen molar-refractivity contribution in [3.8, 4) is 11.5 Å². The summed E-state index contributed by atoms with van der Waals surface area (Å²) in [4.78, 5) is 15.3. The van der Waals surface area contributed by atoms with E-state index in [4.69, 9.17) is 9.47 Å². The minimum absolute atomic E-state index is 0.130. The van der Waals surface area contributed by atoms with Gasteiger partial charge in [-0.2, -0.15) is 0 Å². The van der Waals surface area contributed by atoms with Crippen molar-refractivity contribution in [3.63, 3.8) is 0 Å². The zero-order valence-corrected chi connectivity index (χ0v) is 14.7. The zero-order chi connectivity index (χ0) is 16.7. The van der Waals surface area contributed by atoms with Gasteiger partial charge in [-0.05, 0) is 55.7 Å². The second kappa shape index (κ2) is 6.30.